The first-order valence-corrected chi connectivity index (χ1v) is 29.6. The third-order valence-electron chi connectivity index (χ3n) is 12.8. The van der Waals surface area contributed by atoms with E-state index >= 15 is 0 Å². The molecule has 0 aliphatic carbocycles. The average Bonchev–Trinajstić information content (AvgIpc) is 3.43. The Kier molecular flexibility index (Phi) is 47.9. The number of nitrogens with one attached hydrogen (secondary N) is 1. The average molecular weight is 1070 g/mol. The first kappa shape index (κ1) is 70.6. The number of rotatable bonds is 47. The van der Waals surface area contributed by atoms with Gasteiger partial charge >= 0.3 is 5.97 Å². The van der Waals surface area contributed by atoms with Crippen LogP contribution in [-0.2, 0) is 23.8 Å². The molecule has 0 bridgehead atoms. The van der Waals surface area contributed by atoms with E-state index in [4.69, 9.17) is 14.2 Å². The maximum absolute atomic E-state index is 13.4. The molecule has 77 heavy (non-hydrogen) atoms. The molecule has 1 amide bonds. The van der Waals surface area contributed by atoms with Crippen LogP contribution in [0, 0.1) is 0 Å². The predicted molar refractivity (Wildman–Crippen MR) is 319 cm³/mol. The van der Waals surface area contributed by atoms with E-state index in [0.717, 1.165) is 89.9 Å². The summed E-state index contributed by atoms with van der Waals surface area (Å²) in [7, 11) is 0. The Morgan fingerprint density at radius 2 is 0.935 bits per heavy atom. The molecule has 0 aromatic heterocycles. The quantitative estimate of drug-likeness (QED) is 0.0195. The van der Waals surface area contributed by atoms with Crippen LogP contribution < -0.4 is 5.32 Å². The van der Waals surface area contributed by atoms with Crippen LogP contribution in [0.4, 0.5) is 0 Å². The van der Waals surface area contributed by atoms with Gasteiger partial charge in [0.2, 0.25) is 5.91 Å². The van der Waals surface area contributed by atoms with Gasteiger partial charge in [-0.05, 0) is 103 Å². The van der Waals surface area contributed by atoms with Crippen molar-refractivity contribution in [2.24, 2.45) is 0 Å². The number of hydrogen-bond donors (Lipinski definition) is 6. The van der Waals surface area contributed by atoms with Gasteiger partial charge in [0.15, 0.2) is 12.4 Å². The van der Waals surface area contributed by atoms with Crippen molar-refractivity contribution in [2.45, 2.75) is 243 Å². The van der Waals surface area contributed by atoms with Gasteiger partial charge in [0, 0.05) is 6.42 Å². The summed E-state index contributed by atoms with van der Waals surface area (Å²) in [4.78, 5) is 26.5. The molecule has 0 aromatic carbocycles. The summed E-state index contributed by atoms with van der Waals surface area (Å²) < 4.78 is 17.5. The van der Waals surface area contributed by atoms with Gasteiger partial charge in [-0.25, -0.2) is 0 Å². The summed E-state index contributed by atoms with van der Waals surface area (Å²) in [5.41, 5.74) is 0. The Labute approximate surface area is 466 Å². The Morgan fingerprint density at radius 1 is 0.519 bits per heavy atom. The lowest BCUT2D eigenvalue weighted by Crippen LogP contribution is -2.61. The first-order chi connectivity index (χ1) is 37.7. The van der Waals surface area contributed by atoms with Crippen molar-refractivity contribution in [1.82, 2.24) is 5.32 Å². The van der Waals surface area contributed by atoms with Gasteiger partial charge in [-0.3, -0.25) is 9.59 Å². The highest BCUT2D eigenvalue weighted by Gasteiger charge is 2.47. The number of esters is 1. The number of carbonyl (C=O) groups is 2. The lowest BCUT2D eigenvalue weighted by Gasteiger charge is -2.41. The molecular formula is C66H105NO10. The van der Waals surface area contributed by atoms with E-state index in [2.05, 4.69) is 135 Å². The minimum Gasteiger partial charge on any atom is -0.454 e. The fourth-order valence-electron chi connectivity index (χ4n) is 8.12. The van der Waals surface area contributed by atoms with Crippen molar-refractivity contribution in [3.8, 4) is 0 Å². The van der Waals surface area contributed by atoms with Crippen LogP contribution >= 0.6 is 0 Å². The minimum absolute atomic E-state index is 0.0174. The van der Waals surface area contributed by atoms with Gasteiger partial charge in [0.1, 0.15) is 24.4 Å². The molecule has 1 rings (SSSR count). The molecule has 6 N–H and O–H groups in total. The maximum atomic E-state index is 13.4. The van der Waals surface area contributed by atoms with Crippen LogP contribution in [0.3, 0.4) is 0 Å². The lowest BCUT2D eigenvalue weighted by atomic mass is 9.99. The zero-order valence-electron chi connectivity index (χ0n) is 47.8. The fraction of sp³-hybridized carbons (Fsp3) is 0.606. The Hall–Kier alpha value is -4.46. The Morgan fingerprint density at radius 3 is 1.38 bits per heavy atom. The van der Waals surface area contributed by atoms with Gasteiger partial charge in [0.05, 0.1) is 25.4 Å². The second kappa shape index (κ2) is 52.3. The number of amides is 1. The molecule has 11 nitrogen and oxygen atoms in total. The highest BCUT2D eigenvalue weighted by atomic mass is 16.7. The topological polar surface area (TPSA) is 175 Å². The molecule has 0 saturated carbocycles. The monoisotopic (exact) mass is 1070 g/mol. The fourth-order valence-corrected chi connectivity index (χ4v) is 8.12. The van der Waals surface area contributed by atoms with Crippen molar-refractivity contribution in [1.29, 1.82) is 0 Å². The third kappa shape index (κ3) is 40.4. The van der Waals surface area contributed by atoms with Crippen LogP contribution in [0.2, 0.25) is 0 Å². The molecule has 11 heteroatoms. The van der Waals surface area contributed by atoms with Gasteiger partial charge in [-0.15, -0.1) is 0 Å². The van der Waals surface area contributed by atoms with Crippen molar-refractivity contribution in [2.75, 3.05) is 13.2 Å². The Balaban J connectivity index is 2.82. The maximum Gasteiger partial charge on any atom is 0.306 e. The SMILES string of the molecule is CC/C=C\C/C=C\C/C=C\C/C=C\C/C=C\C/C=C\CCC(=O)OC1C(OCC(NC(=O)C(O)CC/C=C\C/C=C\C/C=C\C/C=C\C/C=C\CC)C(O)/C=C/CCCCCCCCCCCCC)OC(CO)C(O)C1O. The van der Waals surface area contributed by atoms with Crippen molar-refractivity contribution in [3.05, 3.63) is 146 Å². The summed E-state index contributed by atoms with van der Waals surface area (Å²) in [5.74, 6) is -1.36. The summed E-state index contributed by atoms with van der Waals surface area (Å²) in [6.45, 7) is 5.46. The molecule has 1 aliphatic rings. The van der Waals surface area contributed by atoms with E-state index in [1.54, 1.807) is 6.08 Å². The predicted octanol–water partition coefficient (Wildman–Crippen LogP) is 13.8. The number of aliphatic hydroxyl groups excluding tert-OH is 5. The van der Waals surface area contributed by atoms with E-state index in [-0.39, 0.29) is 19.4 Å². The van der Waals surface area contributed by atoms with Crippen LogP contribution in [0.15, 0.2) is 146 Å². The van der Waals surface area contributed by atoms with Crippen molar-refractivity contribution in [3.63, 3.8) is 0 Å². The molecule has 1 fully saturated rings. The van der Waals surface area contributed by atoms with Gasteiger partial charge in [0.25, 0.3) is 0 Å². The normalized spacial score (nSPS) is 20.1. The van der Waals surface area contributed by atoms with Crippen LogP contribution in [0.1, 0.15) is 194 Å². The smallest absolute Gasteiger partial charge is 0.306 e. The van der Waals surface area contributed by atoms with E-state index < -0.39 is 67.4 Å². The molecule has 8 atom stereocenters. The number of hydrogen-bond acceptors (Lipinski definition) is 10. The molecule has 1 aliphatic heterocycles. The molecule has 1 saturated heterocycles. The van der Waals surface area contributed by atoms with E-state index in [9.17, 15) is 35.1 Å². The third-order valence-corrected chi connectivity index (χ3v) is 12.8. The minimum atomic E-state index is -1.66. The molecule has 0 aromatic rings. The first-order valence-electron chi connectivity index (χ1n) is 29.6. The summed E-state index contributed by atoms with van der Waals surface area (Å²) >= 11 is 0. The van der Waals surface area contributed by atoms with E-state index in [1.807, 2.05) is 30.4 Å². The van der Waals surface area contributed by atoms with Crippen LogP contribution in [0.25, 0.3) is 0 Å². The van der Waals surface area contributed by atoms with Gasteiger partial charge in [-0.2, -0.15) is 0 Å². The number of unbranched alkanes of at least 4 members (excludes halogenated alkanes) is 11. The zero-order valence-corrected chi connectivity index (χ0v) is 47.8. The highest BCUT2D eigenvalue weighted by molar-refractivity contribution is 5.80. The molecular weight excluding hydrogens is 967 g/mol. The van der Waals surface area contributed by atoms with Crippen molar-refractivity contribution >= 4 is 11.9 Å². The molecule has 434 valence electrons. The summed E-state index contributed by atoms with van der Waals surface area (Å²) in [5, 5.41) is 56.8. The number of carbonyl (C=O) groups excluding carboxylic acids is 2. The second-order valence-corrected chi connectivity index (χ2v) is 19.6. The standard InChI is InChI=1S/C66H105NO10/c1-4-7-10-13-16-19-22-25-27-29-30-31-33-36-39-42-45-48-51-54-61(71)77-64-63(73)62(72)60(55-68)76-66(64)75-56-57(58(69)52-49-46-43-40-37-34-24-21-18-15-12-9-6-3)67-65(74)59(70)53-50-47-44-41-38-35-32-28-26-23-20-17-14-11-8-5-2/h7-8,10-11,16-17,19-20,25-28,30-31,35-36,38-39,44-45,47-49,52,57-60,62-64,66,68-70,72-73H,4-6,9,12-15,18,21-24,29,32-34,37,40-43,46,50-51,53-56H2,1-3H3,(H,67,74)/b10-7-,11-8-,19-16-,20-17-,27-25-,28-26-,31-30-,38-35-,39-36-,47-44-,48-45-,52-49+. The lowest BCUT2D eigenvalue weighted by molar-refractivity contribution is -0.305. The molecule has 0 spiro atoms. The Bertz CT molecular complexity index is 1800. The van der Waals surface area contributed by atoms with Gasteiger partial charge in [-0.1, -0.05) is 231 Å². The van der Waals surface area contributed by atoms with Crippen LogP contribution in [-0.4, -0.2) is 99.6 Å². The largest absolute Gasteiger partial charge is 0.454 e. The number of ether oxygens (including phenoxy) is 3. The molecule has 1 heterocycles. The summed E-state index contributed by atoms with van der Waals surface area (Å²) in [6, 6.07) is -1.08. The van der Waals surface area contributed by atoms with E-state index in [0.29, 0.717) is 19.3 Å². The van der Waals surface area contributed by atoms with Crippen molar-refractivity contribution < 1.29 is 49.3 Å². The van der Waals surface area contributed by atoms with Crippen LogP contribution in [0.5, 0.6) is 0 Å². The number of aliphatic hydroxyl groups is 5. The number of allylic oxidation sites excluding steroid dienone is 23. The molecule has 0 radical (unpaired) electrons. The van der Waals surface area contributed by atoms with E-state index in [1.165, 1.54) is 51.4 Å². The molecule has 8 unspecified atom stereocenters. The zero-order chi connectivity index (χ0) is 56.1. The summed E-state index contributed by atoms with van der Waals surface area (Å²) in [6.07, 6.45) is 64.8. The highest BCUT2D eigenvalue weighted by Crippen LogP contribution is 2.26. The second-order valence-electron chi connectivity index (χ2n) is 19.6. The van der Waals surface area contributed by atoms with Gasteiger partial charge < -0.3 is 45.1 Å².